The fourth-order valence-corrected chi connectivity index (χ4v) is 4.61. The van der Waals surface area contributed by atoms with Gasteiger partial charge in [-0.3, -0.25) is 9.59 Å². The molecule has 118 valence electrons. The van der Waals surface area contributed by atoms with E-state index >= 15 is 0 Å². The fourth-order valence-electron chi connectivity index (χ4n) is 4.61. The molecule has 1 saturated carbocycles. The Kier molecular flexibility index (Phi) is 3.08. The van der Waals surface area contributed by atoms with Crippen molar-refractivity contribution >= 4 is 11.6 Å². The predicted octanol–water partition coefficient (Wildman–Crippen LogP) is 4.06. The molecule has 0 amide bonds. The van der Waals surface area contributed by atoms with Gasteiger partial charge in [0.2, 0.25) is 11.6 Å². The molecule has 0 aromatic carbocycles. The zero-order chi connectivity index (χ0) is 16.4. The number of allylic oxidation sites excluding steroid dienone is 4. The summed E-state index contributed by atoms with van der Waals surface area (Å²) >= 11 is 0. The fraction of sp³-hybridized carbons (Fsp3) is 0.579. The van der Waals surface area contributed by atoms with Crippen LogP contribution in [0.3, 0.4) is 0 Å². The number of rotatable bonds is 1. The normalized spacial score (nSPS) is 30.7. The highest BCUT2D eigenvalue weighted by molar-refractivity contribution is 6.51. The zero-order valence-electron chi connectivity index (χ0n) is 14.0. The summed E-state index contributed by atoms with van der Waals surface area (Å²) in [4.78, 5) is 25.2. The molecule has 0 saturated heterocycles. The monoisotopic (exact) mass is 300 g/mol. The third-order valence-corrected chi connectivity index (χ3v) is 5.68. The summed E-state index contributed by atoms with van der Waals surface area (Å²) < 4.78 is 0. The number of aliphatic hydroxyl groups excluding tert-OH is 1. The number of aliphatic hydroxyl groups is 1. The van der Waals surface area contributed by atoms with Gasteiger partial charge in [0.15, 0.2) is 0 Å². The van der Waals surface area contributed by atoms with Crippen LogP contribution in [0.4, 0.5) is 0 Å². The smallest absolute Gasteiger partial charge is 0.233 e. The standard InChI is InChI=1S/C19H24O3/c1-10(2)13-15(20)11-9-12-18(3,4)7-6-8-19(12,5)14(11)17(22)16(13)21/h9-10,20H,6-8H2,1-5H3/t19-/m0/s1. The molecule has 0 aromatic rings. The van der Waals surface area contributed by atoms with Crippen LogP contribution < -0.4 is 0 Å². The van der Waals surface area contributed by atoms with Crippen LogP contribution >= 0.6 is 0 Å². The number of hydrogen-bond acceptors (Lipinski definition) is 3. The van der Waals surface area contributed by atoms with Gasteiger partial charge in [0, 0.05) is 22.1 Å². The number of ketones is 2. The van der Waals surface area contributed by atoms with Crippen molar-refractivity contribution in [3.8, 4) is 0 Å². The van der Waals surface area contributed by atoms with Gasteiger partial charge in [-0.1, -0.05) is 52.7 Å². The van der Waals surface area contributed by atoms with E-state index in [-0.39, 0.29) is 22.7 Å². The van der Waals surface area contributed by atoms with E-state index in [0.717, 1.165) is 19.3 Å². The second-order valence-corrected chi connectivity index (χ2v) is 7.99. The topological polar surface area (TPSA) is 54.4 Å². The third-order valence-electron chi connectivity index (χ3n) is 5.68. The number of Topliss-reactive ketones (excluding diaryl/α,β-unsaturated/α-hetero) is 2. The molecule has 3 nitrogen and oxygen atoms in total. The lowest BCUT2D eigenvalue weighted by molar-refractivity contribution is -0.133. The molecule has 1 atom stereocenters. The van der Waals surface area contributed by atoms with Crippen molar-refractivity contribution in [1.29, 1.82) is 0 Å². The Morgan fingerprint density at radius 2 is 1.73 bits per heavy atom. The van der Waals surface area contributed by atoms with Crippen LogP contribution in [0.15, 0.2) is 34.1 Å². The molecule has 1 N–H and O–H groups in total. The van der Waals surface area contributed by atoms with E-state index in [1.54, 1.807) is 0 Å². The summed E-state index contributed by atoms with van der Waals surface area (Å²) in [6, 6.07) is 0. The van der Waals surface area contributed by atoms with Crippen LogP contribution in [-0.2, 0) is 9.59 Å². The molecule has 0 aliphatic heterocycles. The average Bonchev–Trinajstić information content (AvgIpc) is 2.71. The van der Waals surface area contributed by atoms with Gasteiger partial charge in [0.25, 0.3) is 0 Å². The van der Waals surface area contributed by atoms with Crippen LogP contribution in [-0.4, -0.2) is 16.7 Å². The van der Waals surface area contributed by atoms with Crippen molar-refractivity contribution in [2.45, 2.75) is 53.9 Å². The van der Waals surface area contributed by atoms with E-state index in [1.807, 2.05) is 19.9 Å². The molecule has 0 radical (unpaired) electrons. The van der Waals surface area contributed by atoms with Crippen molar-refractivity contribution < 1.29 is 14.7 Å². The van der Waals surface area contributed by atoms with Crippen molar-refractivity contribution in [2.75, 3.05) is 0 Å². The first-order valence-electron chi connectivity index (χ1n) is 8.11. The van der Waals surface area contributed by atoms with Gasteiger partial charge in [0.05, 0.1) is 0 Å². The second kappa shape index (κ2) is 4.43. The molecule has 0 bridgehead atoms. The van der Waals surface area contributed by atoms with Crippen LogP contribution in [0, 0.1) is 16.7 Å². The zero-order valence-corrected chi connectivity index (χ0v) is 14.0. The van der Waals surface area contributed by atoms with Crippen molar-refractivity contribution in [3.05, 3.63) is 34.1 Å². The molecule has 3 heteroatoms. The van der Waals surface area contributed by atoms with Gasteiger partial charge < -0.3 is 5.11 Å². The lowest BCUT2D eigenvalue weighted by Gasteiger charge is -2.44. The Bertz CT molecular complexity index is 685. The molecular formula is C19H24O3. The van der Waals surface area contributed by atoms with Crippen LogP contribution in [0.1, 0.15) is 53.9 Å². The summed E-state index contributed by atoms with van der Waals surface area (Å²) in [5.74, 6) is -1.07. The van der Waals surface area contributed by atoms with E-state index in [9.17, 15) is 14.7 Å². The Morgan fingerprint density at radius 1 is 1.09 bits per heavy atom. The molecule has 3 rings (SSSR count). The summed E-state index contributed by atoms with van der Waals surface area (Å²) in [5.41, 5.74) is 2.17. The molecule has 0 spiro atoms. The Hall–Kier alpha value is -1.64. The quantitative estimate of drug-likeness (QED) is 0.587. The maximum Gasteiger partial charge on any atom is 0.233 e. The van der Waals surface area contributed by atoms with Gasteiger partial charge in [-0.15, -0.1) is 0 Å². The number of carbonyl (C=O) groups is 2. The minimum atomic E-state index is -0.523. The number of carbonyl (C=O) groups excluding carboxylic acids is 2. The highest BCUT2D eigenvalue weighted by Gasteiger charge is 2.53. The minimum Gasteiger partial charge on any atom is -0.507 e. The first-order valence-corrected chi connectivity index (χ1v) is 8.11. The van der Waals surface area contributed by atoms with Gasteiger partial charge >= 0.3 is 0 Å². The van der Waals surface area contributed by atoms with E-state index < -0.39 is 17.0 Å². The van der Waals surface area contributed by atoms with Gasteiger partial charge in [-0.05, 0) is 24.2 Å². The van der Waals surface area contributed by atoms with E-state index in [1.165, 1.54) is 5.57 Å². The minimum absolute atomic E-state index is 0.00799. The van der Waals surface area contributed by atoms with Crippen LogP contribution in [0.25, 0.3) is 0 Å². The summed E-state index contributed by atoms with van der Waals surface area (Å²) in [5, 5.41) is 10.6. The first kappa shape index (κ1) is 15.3. The van der Waals surface area contributed by atoms with E-state index in [0.29, 0.717) is 11.1 Å². The summed E-state index contributed by atoms with van der Waals surface area (Å²) in [6.45, 7) is 10.1. The summed E-state index contributed by atoms with van der Waals surface area (Å²) in [7, 11) is 0. The largest absolute Gasteiger partial charge is 0.507 e. The number of fused-ring (bicyclic) bond motifs is 2. The van der Waals surface area contributed by atoms with Gasteiger partial charge in [-0.25, -0.2) is 0 Å². The van der Waals surface area contributed by atoms with E-state index in [2.05, 4.69) is 20.8 Å². The van der Waals surface area contributed by atoms with Gasteiger partial charge in [-0.2, -0.15) is 0 Å². The lowest BCUT2D eigenvalue weighted by atomic mass is 9.58. The maximum atomic E-state index is 12.8. The highest BCUT2D eigenvalue weighted by Crippen LogP contribution is 2.60. The lowest BCUT2D eigenvalue weighted by Crippen LogP contribution is -2.39. The Labute approximate surface area is 131 Å². The van der Waals surface area contributed by atoms with E-state index in [4.69, 9.17) is 0 Å². The molecule has 0 heterocycles. The first-order chi connectivity index (χ1) is 10.1. The van der Waals surface area contributed by atoms with Gasteiger partial charge in [0.1, 0.15) is 5.76 Å². The average molecular weight is 300 g/mol. The van der Waals surface area contributed by atoms with Crippen molar-refractivity contribution in [3.63, 3.8) is 0 Å². The maximum absolute atomic E-state index is 12.8. The van der Waals surface area contributed by atoms with Crippen LogP contribution in [0.2, 0.25) is 0 Å². The molecule has 0 unspecified atom stereocenters. The Morgan fingerprint density at radius 3 is 2.32 bits per heavy atom. The third kappa shape index (κ3) is 1.74. The number of hydrogen-bond donors (Lipinski definition) is 1. The molecule has 3 aliphatic carbocycles. The Balaban J connectivity index is 2.26. The van der Waals surface area contributed by atoms with Crippen LogP contribution in [0.5, 0.6) is 0 Å². The molecule has 3 aliphatic rings. The SMILES string of the molecule is CC(C)C1=C(O)C2=C(C(=O)C1=O)[C@@]1(C)CCCC(C)(C)C1=C2. The molecule has 0 aromatic heterocycles. The predicted molar refractivity (Wildman–Crippen MR) is 85.4 cm³/mol. The summed E-state index contributed by atoms with van der Waals surface area (Å²) in [6.07, 6.45) is 4.94. The molecular weight excluding hydrogens is 276 g/mol. The van der Waals surface area contributed by atoms with Crippen molar-refractivity contribution in [1.82, 2.24) is 0 Å². The molecule has 1 fully saturated rings. The second-order valence-electron chi connectivity index (χ2n) is 7.99. The van der Waals surface area contributed by atoms with Crippen molar-refractivity contribution in [2.24, 2.45) is 16.7 Å². The molecule has 22 heavy (non-hydrogen) atoms. The highest BCUT2D eigenvalue weighted by atomic mass is 16.3.